The normalized spacial score (nSPS) is 13.7. The van der Waals surface area contributed by atoms with E-state index in [-0.39, 0.29) is 16.2 Å². The Morgan fingerprint density at radius 3 is 1.78 bits per heavy atom. The average molecular weight is 319 g/mol. The summed E-state index contributed by atoms with van der Waals surface area (Å²) in [7, 11) is 0. The van der Waals surface area contributed by atoms with Crippen molar-refractivity contribution in [3.05, 3.63) is 28.8 Å². The molecule has 132 valence electrons. The number of phenols is 1. The van der Waals surface area contributed by atoms with Gasteiger partial charge in [-0.2, -0.15) is 0 Å². The minimum Gasteiger partial charge on any atom is -0.507 e. The SMILES string of the molecule is CC(C)c1cc(C(C)(C)CC(C)(C)C)cc(CC(C)(C)C)c1O. The third-order valence-corrected chi connectivity index (χ3v) is 4.31. The summed E-state index contributed by atoms with van der Waals surface area (Å²) in [6.07, 6.45) is 2.02. The zero-order chi connectivity index (χ0) is 18.2. The van der Waals surface area contributed by atoms with Crippen LogP contribution in [0, 0.1) is 10.8 Å². The molecule has 0 unspecified atom stereocenters. The zero-order valence-corrected chi connectivity index (χ0v) is 17.1. The molecule has 0 aliphatic carbocycles. The summed E-state index contributed by atoms with van der Waals surface area (Å²) in [5, 5.41) is 10.7. The van der Waals surface area contributed by atoms with Crippen molar-refractivity contribution in [3.63, 3.8) is 0 Å². The second-order valence-corrected chi connectivity index (χ2v) is 10.6. The lowest BCUT2D eigenvalue weighted by atomic mass is 9.71. The van der Waals surface area contributed by atoms with Crippen LogP contribution < -0.4 is 0 Å². The molecule has 0 aromatic heterocycles. The van der Waals surface area contributed by atoms with Crippen molar-refractivity contribution in [2.45, 2.75) is 93.4 Å². The highest BCUT2D eigenvalue weighted by molar-refractivity contribution is 5.47. The molecule has 1 N–H and O–H groups in total. The Kier molecular flexibility index (Phi) is 5.66. The van der Waals surface area contributed by atoms with Gasteiger partial charge in [-0.05, 0) is 51.7 Å². The van der Waals surface area contributed by atoms with Crippen molar-refractivity contribution in [3.8, 4) is 5.75 Å². The second kappa shape index (κ2) is 6.49. The predicted molar refractivity (Wildman–Crippen MR) is 102 cm³/mol. The van der Waals surface area contributed by atoms with E-state index < -0.39 is 0 Å². The van der Waals surface area contributed by atoms with Crippen molar-refractivity contribution >= 4 is 0 Å². The summed E-state index contributed by atoms with van der Waals surface area (Å²) < 4.78 is 0. The van der Waals surface area contributed by atoms with Gasteiger partial charge in [-0.1, -0.05) is 81.4 Å². The minimum absolute atomic E-state index is 0.0994. The monoisotopic (exact) mass is 318 g/mol. The molecule has 1 aromatic carbocycles. The highest BCUT2D eigenvalue weighted by Crippen LogP contribution is 2.41. The Balaban J connectivity index is 3.43. The van der Waals surface area contributed by atoms with Gasteiger partial charge in [0.25, 0.3) is 0 Å². The van der Waals surface area contributed by atoms with Crippen molar-refractivity contribution < 1.29 is 5.11 Å². The lowest BCUT2D eigenvalue weighted by molar-refractivity contribution is 0.283. The van der Waals surface area contributed by atoms with Crippen LogP contribution in [0.1, 0.15) is 98.3 Å². The van der Waals surface area contributed by atoms with Crippen LogP contribution in [0.5, 0.6) is 5.75 Å². The number of aromatic hydroxyl groups is 1. The van der Waals surface area contributed by atoms with Crippen LogP contribution in [-0.2, 0) is 11.8 Å². The summed E-state index contributed by atoms with van der Waals surface area (Å²) in [6, 6.07) is 4.48. The third-order valence-electron chi connectivity index (χ3n) is 4.31. The van der Waals surface area contributed by atoms with Gasteiger partial charge in [-0.3, -0.25) is 0 Å². The van der Waals surface area contributed by atoms with Crippen LogP contribution in [0.2, 0.25) is 0 Å². The van der Waals surface area contributed by atoms with Crippen LogP contribution in [-0.4, -0.2) is 5.11 Å². The van der Waals surface area contributed by atoms with Crippen molar-refractivity contribution in [2.24, 2.45) is 10.8 Å². The van der Waals surface area contributed by atoms with Gasteiger partial charge in [0.2, 0.25) is 0 Å². The van der Waals surface area contributed by atoms with E-state index in [1.54, 1.807) is 0 Å². The van der Waals surface area contributed by atoms with E-state index in [9.17, 15) is 5.11 Å². The van der Waals surface area contributed by atoms with Gasteiger partial charge in [0.15, 0.2) is 0 Å². The lowest BCUT2D eigenvalue weighted by Gasteiger charge is -2.34. The smallest absolute Gasteiger partial charge is 0.122 e. The molecule has 1 nitrogen and oxygen atoms in total. The summed E-state index contributed by atoms with van der Waals surface area (Å²) in [5.74, 6) is 0.837. The first-order valence-corrected chi connectivity index (χ1v) is 8.99. The highest BCUT2D eigenvalue weighted by atomic mass is 16.3. The van der Waals surface area contributed by atoms with Gasteiger partial charge in [-0.25, -0.2) is 0 Å². The first kappa shape index (κ1) is 20.1. The first-order chi connectivity index (χ1) is 10.1. The van der Waals surface area contributed by atoms with E-state index >= 15 is 0 Å². The molecule has 1 rings (SSSR count). The standard InChI is InChI=1S/C22H38O/c1-15(2)18-12-17(22(9,10)14-21(6,7)8)11-16(19(18)23)13-20(3,4)5/h11-12,15,23H,13-14H2,1-10H3. The predicted octanol–water partition coefficient (Wildman–Crippen LogP) is 6.82. The van der Waals surface area contributed by atoms with Gasteiger partial charge < -0.3 is 5.11 Å². The molecule has 0 saturated carbocycles. The molecular weight excluding hydrogens is 280 g/mol. The first-order valence-electron chi connectivity index (χ1n) is 8.99. The molecule has 23 heavy (non-hydrogen) atoms. The van der Waals surface area contributed by atoms with Crippen LogP contribution in [0.15, 0.2) is 12.1 Å². The van der Waals surface area contributed by atoms with Crippen LogP contribution in [0.3, 0.4) is 0 Å². The van der Waals surface area contributed by atoms with Gasteiger partial charge >= 0.3 is 0 Å². The molecule has 0 amide bonds. The number of benzene rings is 1. The molecule has 0 heterocycles. The molecule has 0 radical (unpaired) electrons. The maximum atomic E-state index is 10.7. The Bertz CT molecular complexity index is 536. The Morgan fingerprint density at radius 2 is 1.39 bits per heavy atom. The lowest BCUT2D eigenvalue weighted by Crippen LogP contribution is -2.25. The van der Waals surface area contributed by atoms with E-state index in [4.69, 9.17) is 0 Å². The zero-order valence-electron chi connectivity index (χ0n) is 17.1. The number of phenolic OH excluding ortho intramolecular Hbond substituents is 1. The average Bonchev–Trinajstić information content (AvgIpc) is 2.25. The van der Waals surface area contributed by atoms with E-state index in [0.29, 0.717) is 11.7 Å². The largest absolute Gasteiger partial charge is 0.507 e. The van der Waals surface area contributed by atoms with Crippen molar-refractivity contribution in [1.29, 1.82) is 0 Å². The maximum Gasteiger partial charge on any atom is 0.122 e. The highest BCUT2D eigenvalue weighted by Gasteiger charge is 2.29. The van der Waals surface area contributed by atoms with Crippen molar-refractivity contribution in [1.82, 2.24) is 0 Å². The molecule has 1 aromatic rings. The Labute approximate surface area is 144 Å². The summed E-state index contributed by atoms with van der Waals surface area (Å²) in [4.78, 5) is 0. The quantitative estimate of drug-likeness (QED) is 0.646. The molecule has 0 aliphatic rings. The van der Waals surface area contributed by atoms with Gasteiger partial charge in [0, 0.05) is 0 Å². The Hall–Kier alpha value is -0.980. The van der Waals surface area contributed by atoms with Gasteiger partial charge in [0.05, 0.1) is 0 Å². The molecular formula is C22H38O. The van der Waals surface area contributed by atoms with Crippen LogP contribution in [0.4, 0.5) is 0 Å². The fourth-order valence-corrected chi connectivity index (χ4v) is 3.68. The van der Waals surface area contributed by atoms with E-state index in [2.05, 4.69) is 81.4 Å². The third kappa shape index (κ3) is 5.86. The topological polar surface area (TPSA) is 20.2 Å². The van der Waals surface area contributed by atoms with Crippen LogP contribution in [0.25, 0.3) is 0 Å². The summed E-state index contributed by atoms with van der Waals surface area (Å²) in [5.41, 5.74) is 4.09. The molecule has 0 aliphatic heterocycles. The van der Waals surface area contributed by atoms with E-state index in [1.165, 1.54) is 5.56 Å². The molecule has 0 bridgehead atoms. The van der Waals surface area contributed by atoms with Crippen LogP contribution >= 0.6 is 0 Å². The Morgan fingerprint density at radius 1 is 0.870 bits per heavy atom. The number of hydrogen-bond donors (Lipinski definition) is 1. The molecule has 1 heteroatoms. The maximum absolute atomic E-state index is 10.7. The number of rotatable bonds is 4. The second-order valence-electron chi connectivity index (χ2n) is 10.6. The van der Waals surface area contributed by atoms with E-state index in [0.717, 1.165) is 24.0 Å². The van der Waals surface area contributed by atoms with Gasteiger partial charge in [0.1, 0.15) is 5.75 Å². The summed E-state index contributed by atoms with van der Waals surface area (Å²) >= 11 is 0. The fraction of sp³-hybridized carbons (Fsp3) is 0.727. The van der Waals surface area contributed by atoms with E-state index in [1.807, 2.05) is 0 Å². The van der Waals surface area contributed by atoms with Gasteiger partial charge in [-0.15, -0.1) is 0 Å². The number of hydrogen-bond acceptors (Lipinski definition) is 1. The molecule has 0 fully saturated rings. The minimum atomic E-state index is 0.0994. The molecule has 0 atom stereocenters. The fourth-order valence-electron chi connectivity index (χ4n) is 3.68. The summed E-state index contributed by atoms with van der Waals surface area (Å²) in [6.45, 7) is 22.6. The molecule has 0 spiro atoms. The molecule has 0 saturated heterocycles. The van der Waals surface area contributed by atoms with Crippen molar-refractivity contribution in [2.75, 3.05) is 0 Å².